The molecule has 1 aromatic carbocycles. The maximum atomic E-state index is 13.2. The molecule has 1 fully saturated rings. The van der Waals surface area contributed by atoms with Crippen molar-refractivity contribution in [3.8, 4) is 0 Å². The Balaban J connectivity index is 2.45. The van der Waals surface area contributed by atoms with Crippen LogP contribution in [0.1, 0.15) is 35.2 Å². The lowest BCUT2D eigenvalue weighted by molar-refractivity contribution is -0.137. The molecular weight excluding hydrogens is 398 g/mol. The number of aryl methyl sites for hydroxylation is 1. The number of nitrogens with zero attached hydrogens (tertiary/aromatic N) is 1. The molecule has 1 aromatic rings. The highest BCUT2D eigenvalue weighted by Gasteiger charge is 2.39. The van der Waals surface area contributed by atoms with Gasteiger partial charge in [-0.15, -0.1) is 0 Å². The van der Waals surface area contributed by atoms with Gasteiger partial charge >= 0.3 is 11.9 Å². The minimum atomic E-state index is -4.21. The second kappa shape index (κ2) is 7.95. The van der Waals surface area contributed by atoms with Gasteiger partial charge in [0.15, 0.2) is 9.84 Å². The van der Waals surface area contributed by atoms with Crippen LogP contribution in [0.25, 0.3) is 0 Å². The second-order valence-electron chi connectivity index (χ2n) is 6.46. The number of sulfonamides is 1. The van der Waals surface area contributed by atoms with Crippen LogP contribution in [-0.2, 0) is 24.7 Å². The molecular formula is C16H21NO8S2. The van der Waals surface area contributed by atoms with Crippen molar-refractivity contribution in [1.82, 2.24) is 4.31 Å². The van der Waals surface area contributed by atoms with Crippen molar-refractivity contribution in [3.05, 3.63) is 29.3 Å². The van der Waals surface area contributed by atoms with Crippen molar-refractivity contribution in [1.29, 1.82) is 0 Å². The van der Waals surface area contributed by atoms with Crippen LogP contribution >= 0.6 is 0 Å². The summed E-state index contributed by atoms with van der Waals surface area (Å²) in [5.41, 5.74) is 0.118. The Morgan fingerprint density at radius 3 is 2.44 bits per heavy atom. The summed E-state index contributed by atoms with van der Waals surface area (Å²) in [6, 6.07) is 2.89. The number of benzene rings is 1. The summed E-state index contributed by atoms with van der Waals surface area (Å²) in [7, 11) is -7.58. The molecule has 1 heterocycles. The third-order valence-electron chi connectivity index (χ3n) is 4.41. The topological polar surface area (TPSA) is 146 Å². The van der Waals surface area contributed by atoms with Crippen LogP contribution in [0.2, 0.25) is 0 Å². The number of hydrogen-bond donors (Lipinski definition) is 2. The summed E-state index contributed by atoms with van der Waals surface area (Å²) < 4.78 is 51.0. The van der Waals surface area contributed by atoms with E-state index in [1.807, 2.05) is 0 Å². The highest BCUT2D eigenvalue weighted by Crippen LogP contribution is 2.28. The smallest absolute Gasteiger partial charge is 0.335 e. The van der Waals surface area contributed by atoms with E-state index in [1.165, 1.54) is 19.1 Å². The van der Waals surface area contributed by atoms with Gasteiger partial charge in [0.1, 0.15) is 0 Å². The lowest BCUT2D eigenvalue weighted by atomic mass is 10.1. The maximum absolute atomic E-state index is 13.2. The van der Waals surface area contributed by atoms with Gasteiger partial charge in [0.2, 0.25) is 10.0 Å². The zero-order valence-electron chi connectivity index (χ0n) is 14.7. The van der Waals surface area contributed by atoms with Gasteiger partial charge in [0, 0.05) is 19.0 Å². The van der Waals surface area contributed by atoms with Crippen LogP contribution in [-0.4, -0.2) is 67.4 Å². The van der Waals surface area contributed by atoms with Crippen LogP contribution in [0.5, 0.6) is 0 Å². The van der Waals surface area contributed by atoms with Crippen LogP contribution in [0.4, 0.5) is 0 Å². The summed E-state index contributed by atoms with van der Waals surface area (Å²) in [4.78, 5) is 21.7. The summed E-state index contributed by atoms with van der Waals surface area (Å²) >= 11 is 0. The van der Waals surface area contributed by atoms with Gasteiger partial charge in [-0.05, 0) is 37.5 Å². The van der Waals surface area contributed by atoms with Crippen LogP contribution in [0, 0.1) is 6.92 Å². The number of carboxylic acids is 2. The van der Waals surface area contributed by atoms with E-state index in [0.717, 1.165) is 10.4 Å². The molecule has 1 aliphatic heterocycles. The molecule has 0 spiro atoms. The minimum absolute atomic E-state index is 0.0166. The fraction of sp³-hybridized carbons (Fsp3) is 0.500. The molecule has 1 saturated heterocycles. The first kappa shape index (κ1) is 21.3. The van der Waals surface area contributed by atoms with E-state index in [1.54, 1.807) is 0 Å². The fourth-order valence-electron chi connectivity index (χ4n) is 3.02. The average molecular weight is 419 g/mol. The molecule has 11 heteroatoms. The third kappa shape index (κ3) is 5.05. The lowest BCUT2D eigenvalue weighted by Gasteiger charge is -2.28. The molecule has 2 rings (SSSR count). The van der Waals surface area contributed by atoms with Gasteiger partial charge < -0.3 is 10.2 Å². The van der Waals surface area contributed by atoms with E-state index < -0.39 is 37.8 Å². The Kier molecular flexibility index (Phi) is 6.28. The first-order chi connectivity index (χ1) is 12.4. The highest BCUT2D eigenvalue weighted by molar-refractivity contribution is 7.92. The quantitative estimate of drug-likeness (QED) is 0.627. The zero-order valence-corrected chi connectivity index (χ0v) is 16.3. The molecule has 0 bridgehead atoms. The maximum Gasteiger partial charge on any atom is 0.335 e. The largest absolute Gasteiger partial charge is 0.481 e. The predicted octanol–water partition coefficient (Wildman–Crippen LogP) is 0.736. The summed E-state index contributed by atoms with van der Waals surface area (Å²) in [6.07, 6.45) is -0.130. The molecule has 0 radical (unpaired) electrons. The molecule has 0 unspecified atom stereocenters. The van der Waals surface area contributed by atoms with Crippen LogP contribution in [0.15, 0.2) is 23.1 Å². The van der Waals surface area contributed by atoms with Gasteiger partial charge in [-0.2, -0.15) is 4.31 Å². The molecule has 0 amide bonds. The molecule has 27 heavy (non-hydrogen) atoms. The number of carboxylic acid groups (broad SMARTS) is 2. The number of sulfone groups is 1. The fourth-order valence-corrected chi connectivity index (χ4v) is 6.80. The standard InChI is InChI=1S/C16H21NO8S2/c1-11-4-5-12(16(20)21)9-14(11)27(24,25)17(7-2-3-15(18)19)13-6-8-26(22,23)10-13/h4-5,9,13H,2-3,6-8,10H2,1H3,(H,18,19)(H,20,21)/t13-/m1/s1. The van der Waals surface area contributed by atoms with E-state index in [2.05, 4.69) is 0 Å². The molecule has 9 nitrogen and oxygen atoms in total. The van der Waals surface area contributed by atoms with Crippen molar-refractivity contribution in [2.24, 2.45) is 0 Å². The molecule has 2 N–H and O–H groups in total. The molecule has 150 valence electrons. The van der Waals surface area contributed by atoms with Gasteiger partial charge in [0.25, 0.3) is 0 Å². The molecule has 0 aromatic heterocycles. The SMILES string of the molecule is Cc1ccc(C(=O)O)cc1S(=O)(=O)N(CCCC(=O)O)[C@@H]1CCS(=O)(=O)C1. The number of aliphatic carboxylic acids is 1. The number of rotatable bonds is 8. The van der Waals surface area contributed by atoms with Crippen LogP contribution < -0.4 is 0 Å². The monoisotopic (exact) mass is 419 g/mol. The van der Waals surface area contributed by atoms with Gasteiger partial charge in [0.05, 0.1) is 22.0 Å². The first-order valence-electron chi connectivity index (χ1n) is 8.22. The average Bonchev–Trinajstić information content (AvgIpc) is 2.90. The number of carbonyl (C=O) groups is 2. The molecule has 0 saturated carbocycles. The Morgan fingerprint density at radius 1 is 1.26 bits per heavy atom. The second-order valence-corrected chi connectivity index (χ2v) is 10.5. The van der Waals surface area contributed by atoms with Crippen molar-refractivity contribution in [2.45, 2.75) is 37.1 Å². The molecule has 1 atom stereocenters. The van der Waals surface area contributed by atoms with E-state index >= 15 is 0 Å². The Morgan fingerprint density at radius 2 is 1.93 bits per heavy atom. The third-order valence-corrected chi connectivity index (χ3v) is 8.25. The Labute approximate surface area is 157 Å². The normalized spacial score (nSPS) is 19.3. The Hall–Kier alpha value is -1.98. The van der Waals surface area contributed by atoms with Crippen molar-refractivity contribution >= 4 is 31.8 Å². The van der Waals surface area contributed by atoms with Crippen LogP contribution in [0.3, 0.4) is 0 Å². The molecule has 1 aliphatic rings. The summed E-state index contributed by atoms with van der Waals surface area (Å²) in [5, 5.41) is 17.9. The van der Waals surface area contributed by atoms with Crippen molar-refractivity contribution < 1.29 is 36.6 Å². The van der Waals surface area contributed by atoms with E-state index in [0.29, 0.717) is 5.56 Å². The van der Waals surface area contributed by atoms with Crippen molar-refractivity contribution in [2.75, 3.05) is 18.1 Å². The molecule has 0 aliphatic carbocycles. The summed E-state index contributed by atoms with van der Waals surface area (Å²) in [6.45, 7) is 1.35. The van der Waals surface area contributed by atoms with E-state index in [9.17, 15) is 26.4 Å². The zero-order chi connectivity index (χ0) is 20.4. The Bertz CT molecular complexity index is 953. The highest BCUT2D eigenvalue weighted by atomic mass is 32.2. The van der Waals surface area contributed by atoms with E-state index in [-0.39, 0.29) is 47.8 Å². The predicted molar refractivity (Wildman–Crippen MR) is 96.0 cm³/mol. The minimum Gasteiger partial charge on any atom is -0.481 e. The van der Waals surface area contributed by atoms with Gasteiger partial charge in [-0.3, -0.25) is 4.79 Å². The number of aromatic carboxylic acids is 1. The number of hydrogen-bond acceptors (Lipinski definition) is 6. The van der Waals surface area contributed by atoms with E-state index in [4.69, 9.17) is 10.2 Å². The summed E-state index contributed by atoms with van der Waals surface area (Å²) in [5.74, 6) is -2.85. The van der Waals surface area contributed by atoms with Gasteiger partial charge in [-0.1, -0.05) is 6.07 Å². The lowest BCUT2D eigenvalue weighted by Crippen LogP contribution is -2.42. The first-order valence-corrected chi connectivity index (χ1v) is 11.5. The van der Waals surface area contributed by atoms with Crippen molar-refractivity contribution in [3.63, 3.8) is 0 Å². The van der Waals surface area contributed by atoms with Gasteiger partial charge in [-0.25, -0.2) is 21.6 Å².